The number of thioether (sulfide) groups is 1. The van der Waals surface area contributed by atoms with E-state index in [1.807, 2.05) is 61.5 Å². The molecule has 0 saturated carbocycles. The van der Waals surface area contributed by atoms with Crippen molar-refractivity contribution in [2.45, 2.75) is 24.1 Å². The fourth-order valence-corrected chi connectivity index (χ4v) is 5.90. The summed E-state index contributed by atoms with van der Waals surface area (Å²) < 4.78 is 5.30. The van der Waals surface area contributed by atoms with Gasteiger partial charge in [-0.25, -0.2) is 9.97 Å². The van der Waals surface area contributed by atoms with Gasteiger partial charge >= 0.3 is 0 Å². The van der Waals surface area contributed by atoms with E-state index in [1.54, 1.807) is 31.5 Å². The second-order valence-corrected chi connectivity index (χ2v) is 11.7. The van der Waals surface area contributed by atoms with Gasteiger partial charge in [0.15, 0.2) is 5.13 Å². The minimum atomic E-state index is -0.623. The Morgan fingerprint density at radius 2 is 1.74 bits per heavy atom. The zero-order valence-electron chi connectivity index (χ0n) is 23.4. The van der Waals surface area contributed by atoms with E-state index in [0.717, 1.165) is 22.3 Å². The van der Waals surface area contributed by atoms with Crippen molar-refractivity contribution in [1.29, 1.82) is 5.26 Å². The van der Waals surface area contributed by atoms with Crippen molar-refractivity contribution in [2.75, 3.05) is 12.4 Å². The molecule has 1 unspecified atom stereocenters. The van der Waals surface area contributed by atoms with Gasteiger partial charge in [-0.2, -0.15) is 5.26 Å². The lowest BCUT2D eigenvalue weighted by molar-refractivity contribution is -0.384. The van der Waals surface area contributed by atoms with Crippen LogP contribution in [-0.2, 0) is 4.79 Å². The molecule has 43 heavy (non-hydrogen) atoms. The Balaban J connectivity index is 1.43. The number of nitro benzene ring substituents is 1. The number of ether oxygens (including phenoxy) is 1. The molecule has 0 radical (unpaired) electrons. The minimum absolute atomic E-state index is 0.0382. The summed E-state index contributed by atoms with van der Waals surface area (Å²) in [5.74, 6) is 0.397. The number of hydrogen-bond acceptors (Lipinski definition) is 9. The van der Waals surface area contributed by atoms with Crippen LogP contribution in [0.15, 0.2) is 89.3 Å². The van der Waals surface area contributed by atoms with Gasteiger partial charge in [0.2, 0.25) is 5.91 Å². The number of anilines is 1. The van der Waals surface area contributed by atoms with Crippen LogP contribution in [0.1, 0.15) is 18.1 Å². The summed E-state index contributed by atoms with van der Waals surface area (Å²) in [6.07, 6.45) is 0. The van der Waals surface area contributed by atoms with Gasteiger partial charge in [-0.05, 0) is 49.7 Å². The molecule has 3 aromatic carbocycles. The van der Waals surface area contributed by atoms with Gasteiger partial charge < -0.3 is 10.1 Å². The van der Waals surface area contributed by atoms with E-state index >= 15 is 0 Å². The third-order valence-electron chi connectivity index (χ3n) is 6.59. The van der Waals surface area contributed by atoms with E-state index in [4.69, 9.17) is 9.72 Å². The zero-order valence-corrected chi connectivity index (χ0v) is 25.0. The number of amides is 1. The third-order valence-corrected chi connectivity index (χ3v) is 8.44. The number of benzene rings is 3. The Kier molecular flexibility index (Phi) is 8.80. The largest absolute Gasteiger partial charge is 0.497 e. The molecule has 2 heterocycles. The van der Waals surface area contributed by atoms with Crippen LogP contribution < -0.4 is 10.1 Å². The van der Waals surface area contributed by atoms with Gasteiger partial charge in [-0.3, -0.25) is 14.9 Å². The molecule has 0 fully saturated rings. The van der Waals surface area contributed by atoms with Crippen molar-refractivity contribution >= 4 is 39.8 Å². The van der Waals surface area contributed by atoms with Crippen LogP contribution in [0.3, 0.4) is 0 Å². The monoisotopic (exact) mass is 607 g/mol. The molecule has 0 saturated heterocycles. The lowest BCUT2D eigenvalue weighted by atomic mass is 9.98. The Labute approximate surface area is 256 Å². The van der Waals surface area contributed by atoms with Crippen LogP contribution >= 0.6 is 23.1 Å². The Bertz CT molecular complexity index is 1850. The first kappa shape index (κ1) is 29.4. The number of aromatic nitrogens is 2. The molecule has 2 aromatic heterocycles. The highest BCUT2D eigenvalue weighted by atomic mass is 32.2. The van der Waals surface area contributed by atoms with Crippen molar-refractivity contribution in [1.82, 2.24) is 9.97 Å². The molecule has 5 aromatic rings. The SMILES string of the molecule is COc1ccc(-c2cc(-c3ccc(C)cc3)c(C#N)c(SC(C)C(=O)Nc3nc(-c4cccc([N+](=O)[O-])c4)cs3)n2)cc1. The normalized spacial score (nSPS) is 11.4. The van der Waals surface area contributed by atoms with Crippen molar-refractivity contribution in [2.24, 2.45) is 0 Å². The van der Waals surface area contributed by atoms with Crippen LogP contribution in [-0.4, -0.2) is 33.2 Å². The van der Waals surface area contributed by atoms with E-state index < -0.39 is 10.2 Å². The molecular weight excluding hydrogens is 583 g/mol. The number of carbonyl (C=O) groups is 1. The van der Waals surface area contributed by atoms with Crippen LogP contribution in [0.25, 0.3) is 33.6 Å². The third kappa shape index (κ3) is 6.72. The van der Waals surface area contributed by atoms with E-state index in [9.17, 15) is 20.2 Å². The molecule has 0 aliphatic heterocycles. The minimum Gasteiger partial charge on any atom is -0.497 e. The summed E-state index contributed by atoms with van der Waals surface area (Å²) in [6.45, 7) is 3.74. The molecule has 0 aliphatic rings. The molecule has 0 bridgehead atoms. The number of pyridine rings is 1. The van der Waals surface area contributed by atoms with E-state index in [2.05, 4.69) is 16.4 Å². The van der Waals surface area contributed by atoms with Gasteiger partial charge in [0.25, 0.3) is 5.69 Å². The molecule has 11 heteroatoms. The first-order valence-corrected chi connectivity index (χ1v) is 14.9. The number of nitrogens with one attached hydrogen (secondary N) is 1. The number of nitriles is 1. The van der Waals surface area contributed by atoms with Crippen LogP contribution in [0.2, 0.25) is 0 Å². The van der Waals surface area contributed by atoms with Gasteiger partial charge in [0.05, 0.1) is 34.2 Å². The fourth-order valence-electron chi connectivity index (χ4n) is 4.26. The molecule has 0 spiro atoms. The first-order valence-electron chi connectivity index (χ1n) is 13.1. The van der Waals surface area contributed by atoms with Crippen molar-refractivity contribution in [3.63, 3.8) is 0 Å². The Hall–Kier alpha value is -5.05. The summed E-state index contributed by atoms with van der Waals surface area (Å²) >= 11 is 2.41. The predicted molar refractivity (Wildman–Crippen MR) is 169 cm³/mol. The highest BCUT2D eigenvalue weighted by Crippen LogP contribution is 2.37. The maximum absolute atomic E-state index is 13.2. The molecule has 0 aliphatic carbocycles. The summed E-state index contributed by atoms with van der Waals surface area (Å²) in [4.78, 5) is 33.2. The summed E-state index contributed by atoms with van der Waals surface area (Å²) in [5.41, 5.74) is 5.64. The number of non-ortho nitro benzene ring substituents is 1. The standard InChI is InChI=1S/C32H25N5O4S2/c1-19-7-9-21(10-8-19)26-16-28(22-11-13-25(41-3)14-12-22)34-31(27(26)17-33)43-20(2)30(38)36-32-35-29(18-42-32)23-5-4-6-24(15-23)37(39)40/h4-16,18,20H,1-3H3,(H,35,36,38). The van der Waals surface area contributed by atoms with E-state index in [0.29, 0.717) is 38.4 Å². The maximum atomic E-state index is 13.2. The molecule has 1 atom stereocenters. The van der Waals surface area contributed by atoms with Crippen LogP contribution in [0.5, 0.6) is 5.75 Å². The van der Waals surface area contributed by atoms with Gasteiger partial charge in [0, 0.05) is 34.2 Å². The molecule has 1 N–H and O–H groups in total. The number of aryl methyl sites for hydroxylation is 1. The predicted octanol–water partition coefficient (Wildman–Crippen LogP) is 7.76. The lowest BCUT2D eigenvalue weighted by Gasteiger charge is -2.15. The number of thiazole rings is 1. The number of methoxy groups -OCH3 is 1. The summed E-state index contributed by atoms with van der Waals surface area (Å²) in [6, 6.07) is 25.8. The van der Waals surface area contributed by atoms with Crippen LogP contribution in [0, 0.1) is 28.4 Å². The average Bonchev–Trinajstić information content (AvgIpc) is 3.49. The number of carbonyl (C=O) groups excluding carboxylic acids is 1. The van der Waals surface area contributed by atoms with Gasteiger partial charge in [-0.1, -0.05) is 53.7 Å². The Morgan fingerprint density at radius 3 is 2.42 bits per heavy atom. The summed E-state index contributed by atoms with van der Waals surface area (Å²) in [7, 11) is 1.60. The topological polar surface area (TPSA) is 131 Å². The fraction of sp³-hybridized carbons (Fsp3) is 0.125. The molecule has 1 amide bonds. The first-order chi connectivity index (χ1) is 20.7. The average molecular weight is 608 g/mol. The van der Waals surface area contributed by atoms with Crippen molar-refractivity contribution < 1.29 is 14.5 Å². The van der Waals surface area contributed by atoms with Crippen LogP contribution in [0.4, 0.5) is 10.8 Å². The maximum Gasteiger partial charge on any atom is 0.270 e. The van der Waals surface area contributed by atoms with Crippen molar-refractivity contribution in [3.8, 4) is 45.5 Å². The smallest absolute Gasteiger partial charge is 0.270 e. The van der Waals surface area contributed by atoms with Gasteiger partial charge in [-0.15, -0.1) is 11.3 Å². The quantitative estimate of drug-likeness (QED) is 0.102. The van der Waals surface area contributed by atoms with E-state index in [1.165, 1.54) is 35.2 Å². The molecular formula is C32H25N5O4S2. The second kappa shape index (κ2) is 12.9. The van der Waals surface area contributed by atoms with Gasteiger partial charge in [0.1, 0.15) is 16.8 Å². The number of nitro groups is 1. The summed E-state index contributed by atoms with van der Waals surface area (Å²) in [5, 5.41) is 26.1. The zero-order chi connectivity index (χ0) is 30.5. The highest BCUT2D eigenvalue weighted by molar-refractivity contribution is 8.00. The highest BCUT2D eigenvalue weighted by Gasteiger charge is 2.22. The molecule has 9 nitrogen and oxygen atoms in total. The number of nitrogens with zero attached hydrogens (tertiary/aromatic N) is 4. The van der Waals surface area contributed by atoms with E-state index in [-0.39, 0.29) is 11.6 Å². The lowest BCUT2D eigenvalue weighted by Crippen LogP contribution is -2.22. The second-order valence-electron chi connectivity index (χ2n) is 9.54. The molecule has 5 rings (SSSR count). The number of rotatable bonds is 9. The Morgan fingerprint density at radius 1 is 1.02 bits per heavy atom. The number of hydrogen-bond donors (Lipinski definition) is 1. The molecule has 214 valence electrons. The van der Waals surface area contributed by atoms with Crippen molar-refractivity contribution in [3.05, 3.63) is 105 Å².